The van der Waals surface area contributed by atoms with E-state index in [-0.39, 0.29) is 6.10 Å². The van der Waals surface area contributed by atoms with Gasteiger partial charge in [-0.25, -0.2) is 4.98 Å². The number of aliphatic hydroxyl groups is 1. The predicted octanol–water partition coefficient (Wildman–Crippen LogP) is 1.32. The highest BCUT2D eigenvalue weighted by Crippen LogP contribution is 2.27. The molecule has 6 heteroatoms. The smallest absolute Gasteiger partial charge is 0.0949 e. The number of imidazole rings is 1. The Labute approximate surface area is 138 Å². The van der Waals surface area contributed by atoms with Crippen LogP contribution in [-0.4, -0.2) is 71.2 Å². The number of aromatic nitrogens is 2. The molecule has 1 N–H and O–H groups in total. The Bertz CT molecular complexity index is 448. The normalized spacial score (nSPS) is 28.8. The summed E-state index contributed by atoms with van der Waals surface area (Å²) in [5, 5.41) is 10.3. The van der Waals surface area contributed by atoms with E-state index >= 15 is 0 Å². The number of hydrogen-bond donors (Lipinski definition) is 1. The molecule has 0 amide bonds. The summed E-state index contributed by atoms with van der Waals surface area (Å²) >= 11 is 0. The van der Waals surface area contributed by atoms with Gasteiger partial charge in [0.2, 0.25) is 0 Å². The van der Waals surface area contributed by atoms with Gasteiger partial charge in [-0.2, -0.15) is 0 Å². The van der Waals surface area contributed by atoms with Crippen molar-refractivity contribution in [2.45, 2.75) is 44.4 Å². The second kappa shape index (κ2) is 8.24. The average Bonchev–Trinajstić information content (AvgIpc) is 3.10. The second-order valence-corrected chi connectivity index (χ2v) is 6.90. The molecule has 0 radical (unpaired) electrons. The fourth-order valence-electron chi connectivity index (χ4n) is 3.57. The zero-order valence-corrected chi connectivity index (χ0v) is 14.0. The standard InChI is InChI=1S/C17H29N3O3/c1-14-2-6-19(11-17(14)20-7-5-18-13-20)10-15(21)12-23-16-3-8-22-9-4-16/h5,7,13-17,21H,2-4,6,8-12H2,1H3. The number of piperidine rings is 1. The monoisotopic (exact) mass is 323 g/mol. The number of aliphatic hydroxyl groups excluding tert-OH is 1. The molecule has 3 atom stereocenters. The average molecular weight is 323 g/mol. The quantitative estimate of drug-likeness (QED) is 0.856. The summed E-state index contributed by atoms with van der Waals surface area (Å²) in [4.78, 5) is 6.51. The lowest BCUT2D eigenvalue weighted by molar-refractivity contribution is -0.0663. The molecule has 3 rings (SSSR count). The van der Waals surface area contributed by atoms with Crippen molar-refractivity contribution in [2.75, 3.05) is 39.5 Å². The predicted molar refractivity (Wildman–Crippen MR) is 87.3 cm³/mol. The van der Waals surface area contributed by atoms with Crippen LogP contribution in [0.2, 0.25) is 0 Å². The van der Waals surface area contributed by atoms with Gasteiger partial charge in [-0.15, -0.1) is 0 Å². The molecule has 23 heavy (non-hydrogen) atoms. The Morgan fingerprint density at radius 2 is 2.17 bits per heavy atom. The van der Waals surface area contributed by atoms with Crippen molar-refractivity contribution in [1.29, 1.82) is 0 Å². The Kier molecular flexibility index (Phi) is 6.05. The molecule has 3 heterocycles. The van der Waals surface area contributed by atoms with Crippen molar-refractivity contribution in [1.82, 2.24) is 14.5 Å². The van der Waals surface area contributed by atoms with Gasteiger partial charge in [0.25, 0.3) is 0 Å². The molecule has 2 aliphatic heterocycles. The molecule has 1 aromatic rings. The molecule has 6 nitrogen and oxygen atoms in total. The first-order valence-corrected chi connectivity index (χ1v) is 8.79. The number of likely N-dealkylation sites (tertiary alicyclic amines) is 1. The third-order valence-electron chi connectivity index (χ3n) is 5.07. The van der Waals surface area contributed by atoms with Crippen LogP contribution in [0.15, 0.2) is 18.7 Å². The van der Waals surface area contributed by atoms with E-state index in [0.29, 0.717) is 25.1 Å². The fourth-order valence-corrected chi connectivity index (χ4v) is 3.57. The minimum atomic E-state index is -0.422. The molecule has 0 aliphatic carbocycles. The highest BCUT2D eigenvalue weighted by atomic mass is 16.5. The maximum atomic E-state index is 10.3. The number of β-amino-alcohol motifs (C(OH)–C–C–N with tert-alkyl or cyclic N) is 1. The van der Waals surface area contributed by atoms with Crippen LogP contribution in [0.4, 0.5) is 0 Å². The zero-order chi connectivity index (χ0) is 16.1. The molecule has 130 valence electrons. The van der Waals surface area contributed by atoms with Crippen molar-refractivity contribution in [3.05, 3.63) is 18.7 Å². The summed E-state index contributed by atoms with van der Waals surface area (Å²) in [5.74, 6) is 0.635. The lowest BCUT2D eigenvalue weighted by Crippen LogP contribution is -2.45. The first kappa shape index (κ1) is 16.9. The van der Waals surface area contributed by atoms with Crippen molar-refractivity contribution >= 4 is 0 Å². The number of hydrogen-bond acceptors (Lipinski definition) is 5. The van der Waals surface area contributed by atoms with E-state index in [1.807, 2.05) is 18.7 Å². The molecule has 0 spiro atoms. The molecule has 0 aromatic carbocycles. The van der Waals surface area contributed by atoms with E-state index in [0.717, 1.165) is 45.6 Å². The summed E-state index contributed by atoms with van der Waals surface area (Å²) in [6.45, 7) is 6.96. The summed E-state index contributed by atoms with van der Waals surface area (Å²) in [6.07, 6.45) is 8.63. The molecule has 2 saturated heterocycles. The van der Waals surface area contributed by atoms with Gasteiger partial charge >= 0.3 is 0 Å². The summed E-state index contributed by atoms with van der Waals surface area (Å²) in [7, 11) is 0. The van der Waals surface area contributed by atoms with E-state index in [1.165, 1.54) is 0 Å². The van der Waals surface area contributed by atoms with E-state index in [2.05, 4.69) is 21.4 Å². The highest BCUT2D eigenvalue weighted by molar-refractivity contribution is 4.88. The van der Waals surface area contributed by atoms with Crippen LogP contribution in [0.1, 0.15) is 32.2 Å². The first-order valence-electron chi connectivity index (χ1n) is 8.79. The van der Waals surface area contributed by atoms with Gasteiger partial charge in [0.15, 0.2) is 0 Å². The number of nitrogens with zero attached hydrogens (tertiary/aromatic N) is 3. The minimum Gasteiger partial charge on any atom is -0.389 e. The van der Waals surface area contributed by atoms with Gasteiger partial charge in [-0.3, -0.25) is 4.90 Å². The van der Waals surface area contributed by atoms with Gasteiger partial charge < -0.3 is 19.1 Å². The molecular weight excluding hydrogens is 294 g/mol. The SMILES string of the molecule is CC1CCN(CC(O)COC2CCOCC2)CC1n1ccnc1. The summed E-state index contributed by atoms with van der Waals surface area (Å²) < 4.78 is 13.4. The molecule has 2 fully saturated rings. The van der Waals surface area contributed by atoms with E-state index < -0.39 is 6.10 Å². The largest absolute Gasteiger partial charge is 0.389 e. The lowest BCUT2D eigenvalue weighted by Gasteiger charge is -2.38. The lowest BCUT2D eigenvalue weighted by atomic mass is 9.93. The fraction of sp³-hybridized carbons (Fsp3) is 0.824. The van der Waals surface area contributed by atoms with Crippen LogP contribution in [0.5, 0.6) is 0 Å². The minimum absolute atomic E-state index is 0.249. The maximum absolute atomic E-state index is 10.3. The van der Waals surface area contributed by atoms with Gasteiger partial charge in [0, 0.05) is 44.7 Å². The van der Waals surface area contributed by atoms with Crippen molar-refractivity contribution in [2.24, 2.45) is 5.92 Å². The van der Waals surface area contributed by atoms with E-state index in [4.69, 9.17) is 9.47 Å². The second-order valence-electron chi connectivity index (χ2n) is 6.90. The topological polar surface area (TPSA) is 59.8 Å². The molecule has 1 aromatic heterocycles. The Morgan fingerprint density at radius 3 is 2.91 bits per heavy atom. The number of ether oxygens (including phenoxy) is 2. The van der Waals surface area contributed by atoms with Crippen LogP contribution >= 0.6 is 0 Å². The highest BCUT2D eigenvalue weighted by Gasteiger charge is 2.28. The van der Waals surface area contributed by atoms with Gasteiger partial charge in [-0.1, -0.05) is 6.92 Å². The van der Waals surface area contributed by atoms with Crippen LogP contribution in [-0.2, 0) is 9.47 Å². The number of rotatable bonds is 6. The van der Waals surface area contributed by atoms with Crippen LogP contribution < -0.4 is 0 Å². The Balaban J connectivity index is 1.43. The van der Waals surface area contributed by atoms with Crippen molar-refractivity contribution in [3.63, 3.8) is 0 Å². The third kappa shape index (κ3) is 4.76. The Hall–Kier alpha value is -0.950. The van der Waals surface area contributed by atoms with Crippen LogP contribution in [0.3, 0.4) is 0 Å². The maximum Gasteiger partial charge on any atom is 0.0949 e. The Morgan fingerprint density at radius 1 is 1.35 bits per heavy atom. The molecule has 3 unspecified atom stereocenters. The van der Waals surface area contributed by atoms with Crippen molar-refractivity contribution < 1.29 is 14.6 Å². The van der Waals surface area contributed by atoms with Crippen LogP contribution in [0.25, 0.3) is 0 Å². The molecular formula is C17H29N3O3. The van der Waals surface area contributed by atoms with Crippen LogP contribution in [0, 0.1) is 5.92 Å². The first-order chi connectivity index (χ1) is 11.2. The molecule has 0 saturated carbocycles. The summed E-state index contributed by atoms with van der Waals surface area (Å²) in [5.41, 5.74) is 0. The van der Waals surface area contributed by atoms with Gasteiger partial charge in [0.1, 0.15) is 0 Å². The summed E-state index contributed by atoms with van der Waals surface area (Å²) in [6, 6.07) is 0.440. The van der Waals surface area contributed by atoms with E-state index in [9.17, 15) is 5.11 Å². The zero-order valence-electron chi connectivity index (χ0n) is 14.0. The van der Waals surface area contributed by atoms with Crippen molar-refractivity contribution in [3.8, 4) is 0 Å². The molecule has 0 bridgehead atoms. The molecule has 2 aliphatic rings. The third-order valence-corrected chi connectivity index (χ3v) is 5.07. The van der Waals surface area contributed by atoms with E-state index in [1.54, 1.807) is 0 Å². The van der Waals surface area contributed by atoms with Gasteiger partial charge in [-0.05, 0) is 31.7 Å². The van der Waals surface area contributed by atoms with Gasteiger partial charge in [0.05, 0.1) is 25.1 Å².